The second-order valence-corrected chi connectivity index (χ2v) is 3.84. The van der Waals surface area contributed by atoms with Gasteiger partial charge in [-0.3, -0.25) is 9.59 Å². The molecule has 2 saturated heterocycles. The lowest BCUT2D eigenvalue weighted by molar-refractivity contribution is -0.148. The fourth-order valence-electron chi connectivity index (χ4n) is 2.46. The molecule has 2 atom stereocenters. The summed E-state index contributed by atoms with van der Waals surface area (Å²) in [7, 11) is 0. The van der Waals surface area contributed by atoms with Crippen molar-refractivity contribution in [2.24, 2.45) is 5.92 Å². The molecule has 0 unspecified atom stereocenters. The van der Waals surface area contributed by atoms with Gasteiger partial charge in [-0.15, -0.1) is 0 Å². The number of carbonyl (C=O) groups is 2. The van der Waals surface area contributed by atoms with Crippen LogP contribution in [0.2, 0.25) is 0 Å². The molecule has 0 aromatic carbocycles. The molecular formula is C10H15NO3. The lowest BCUT2D eigenvalue weighted by Gasteiger charge is -2.18. The van der Waals surface area contributed by atoms with Crippen molar-refractivity contribution in [3.05, 3.63) is 0 Å². The van der Waals surface area contributed by atoms with Gasteiger partial charge in [-0.2, -0.15) is 0 Å². The van der Waals surface area contributed by atoms with Gasteiger partial charge in [0, 0.05) is 19.0 Å². The molecule has 0 saturated carbocycles. The topological polar surface area (TPSA) is 46.6 Å². The van der Waals surface area contributed by atoms with E-state index in [-0.39, 0.29) is 23.8 Å². The molecule has 0 aliphatic carbocycles. The number of carbonyl (C=O) groups excluding carboxylic acids is 2. The fraction of sp³-hybridized carbons (Fsp3) is 0.800. The average Bonchev–Trinajstić information content (AvgIpc) is 2.69. The normalized spacial score (nSPS) is 30.6. The van der Waals surface area contributed by atoms with Crippen LogP contribution in [0.5, 0.6) is 0 Å². The van der Waals surface area contributed by atoms with Crippen LogP contribution in [0.3, 0.4) is 0 Å². The van der Waals surface area contributed by atoms with E-state index < -0.39 is 0 Å². The van der Waals surface area contributed by atoms with Crippen LogP contribution in [0.25, 0.3) is 0 Å². The largest absolute Gasteiger partial charge is 0.466 e. The van der Waals surface area contributed by atoms with E-state index in [1.807, 2.05) is 11.8 Å². The quantitative estimate of drug-likeness (QED) is 0.608. The summed E-state index contributed by atoms with van der Waals surface area (Å²) < 4.78 is 4.99. The third-order valence-corrected chi connectivity index (χ3v) is 3.11. The Labute approximate surface area is 83.2 Å². The molecule has 0 radical (unpaired) electrons. The van der Waals surface area contributed by atoms with Gasteiger partial charge in [0.2, 0.25) is 5.91 Å². The first kappa shape index (κ1) is 9.49. The fourth-order valence-corrected chi connectivity index (χ4v) is 2.46. The van der Waals surface area contributed by atoms with Gasteiger partial charge < -0.3 is 9.64 Å². The minimum Gasteiger partial charge on any atom is -0.466 e. The van der Waals surface area contributed by atoms with E-state index in [0.29, 0.717) is 13.0 Å². The minimum atomic E-state index is -0.130. The zero-order valence-corrected chi connectivity index (χ0v) is 8.36. The summed E-state index contributed by atoms with van der Waals surface area (Å²) in [5.41, 5.74) is 0. The van der Waals surface area contributed by atoms with Crippen LogP contribution in [0, 0.1) is 5.92 Å². The van der Waals surface area contributed by atoms with Crippen molar-refractivity contribution >= 4 is 11.9 Å². The molecule has 0 spiro atoms. The molecule has 2 fully saturated rings. The van der Waals surface area contributed by atoms with Crippen molar-refractivity contribution in [2.45, 2.75) is 32.2 Å². The number of hydrogen-bond acceptors (Lipinski definition) is 3. The lowest BCUT2D eigenvalue weighted by atomic mass is 9.99. The van der Waals surface area contributed by atoms with Crippen molar-refractivity contribution in [1.82, 2.24) is 4.90 Å². The molecule has 2 rings (SSSR count). The zero-order valence-electron chi connectivity index (χ0n) is 8.36. The highest BCUT2D eigenvalue weighted by atomic mass is 16.5. The molecule has 14 heavy (non-hydrogen) atoms. The molecule has 2 aliphatic rings. The molecule has 0 aromatic heterocycles. The van der Waals surface area contributed by atoms with Crippen molar-refractivity contribution in [2.75, 3.05) is 13.2 Å². The molecule has 78 valence electrons. The summed E-state index contributed by atoms with van der Waals surface area (Å²) >= 11 is 0. The van der Waals surface area contributed by atoms with Crippen LogP contribution in [0.1, 0.15) is 26.2 Å². The first-order valence-electron chi connectivity index (χ1n) is 5.20. The number of esters is 1. The number of rotatable bonds is 2. The van der Waals surface area contributed by atoms with E-state index in [1.54, 1.807) is 0 Å². The Morgan fingerprint density at radius 1 is 1.57 bits per heavy atom. The maximum absolute atomic E-state index is 11.5. The van der Waals surface area contributed by atoms with E-state index in [4.69, 9.17) is 4.74 Å². The lowest BCUT2D eigenvalue weighted by Crippen LogP contribution is -2.33. The number of hydrogen-bond donors (Lipinski definition) is 0. The van der Waals surface area contributed by atoms with Crippen LogP contribution in [0.4, 0.5) is 0 Å². The first-order valence-corrected chi connectivity index (χ1v) is 5.20. The van der Waals surface area contributed by atoms with Gasteiger partial charge in [0.25, 0.3) is 0 Å². The van der Waals surface area contributed by atoms with Gasteiger partial charge in [0.15, 0.2) is 0 Å². The Hall–Kier alpha value is -1.06. The molecule has 2 heterocycles. The summed E-state index contributed by atoms with van der Waals surface area (Å²) in [6.07, 6.45) is 2.19. The van der Waals surface area contributed by atoms with Crippen LogP contribution < -0.4 is 0 Å². The number of amides is 1. The predicted molar refractivity (Wildman–Crippen MR) is 49.5 cm³/mol. The first-order chi connectivity index (χ1) is 6.74. The van der Waals surface area contributed by atoms with Crippen molar-refractivity contribution in [1.29, 1.82) is 0 Å². The molecule has 0 N–H and O–H groups in total. The Balaban J connectivity index is 2.03. The minimum absolute atomic E-state index is 0.0681. The van der Waals surface area contributed by atoms with Gasteiger partial charge >= 0.3 is 5.97 Å². The van der Waals surface area contributed by atoms with Crippen molar-refractivity contribution < 1.29 is 14.3 Å². The monoisotopic (exact) mass is 197 g/mol. The highest BCUT2D eigenvalue weighted by Crippen LogP contribution is 2.34. The van der Waals surface area contributed by atoms with Gasteiger partial charge in [-0.05, 0) is 19.8 Å². The Morgan fingerprint density at radius 3 is 3.07 bits per heavy atom. The van der Waals surface area contributed by atoms with E-state index >= 15 is 0 Å². The highest BCUT2D eigenvalue weighted by molar-refractivity contribution is 5.82. The SMILES string of the molecule is CCOC(=O)[C@H]1CCN2C(=O)CC[C@@H]12. The molecule has 1 amide bonds. The summed E-state index contributed by atoms with van der Waals surface area (Å²) in [5, 5.41) is 0. The Bertz CT molecular complexity index is 264. The number of ether oxygens (including phenoxy) is 1. The second kappa shape index (κ2) is 3.59. The van der Waals surface area contributed by atoms with Crippen molar-refractivity contribution in [3.8, 4) is 0 Å². The molecule has 0 aromatic rings. The maximum atomic E-state index is 11.5. The number of nitrogens with zero attached hydrogens (tertiary/aromatic N) is 1. The summed E-state index contributed by atoms with van der Waals surface area (Å²) in [4.78, 5) is 24.7. The standard InChI is InChI=1S/C10H15NO3/c1-2-14-10(13)7-5-6-11-8(7)3-4-9(11)12/h7-8H,2-6H2,1H3/t7-,8-/m0/s1. The van der Waals surface area contributed by atoms with Crippen LogP contribution >= 0.6 is 0 Å². The van der Waals surface area contributed by atoms with E-state index in [2.05, 4.69) is 0 Å². The summed E-state index contributed by atoms with van der Waals surface area (Å²) in [6, 6.07) is 0.126. The van der Waals surface area contributed by atoms with Crippen LogP contribution in [-0.4, -0.2) is 36.0 Å². The maximum Gasteiger partial charge on any atom is 0.311 e. The third kappa shape index (κ3) is 1.38. The Morgan fingerprint density at radius 2 is 2.36 bits per heavy atom. The van der Waals surface area contributed by atoms with Gasteiger partial charge in [-0.25, -0.2) is 0 Å². The summed E-state index contributed by atoms with van der Waals surface area (Å²) in [6.45, 7) is 2.97. The molecule has 4 nitrogen and oxygen atoms in total. The predicted octanol–water partition coefficient (Wildman–Crippen LogP) is 0.560. The molecule has 0 bridgehead atoms. The van der Waals surface area contributed by atoms with Crippen molar-refractivity contribution in [3.63, 3.8) is 0 Å². The summed E-state index contributed by atoms with van der Waals surface area (Å²) in [5.74, 6) is -0.00195. The number of fused-ring (bicyclic) bond motifs is 1. The molecular weight excluding hydrogens is 182 g/mol. The second-order valence-electron chi connectivity index (χ2n) is 3.84. The van der Waals surface area contributed by atoms with E-state index in [0.717, 1.165) is 19.4 Å². The zero-order chi connectivity index (χ0) is 10.1. The van der Waals surface area contributed by atoms with E-state index in [9.17, 15) is 9.59 Å². The van der Waals surface area contributed by atoms with Gasteiger partial charge in [0.05, 0.1) is 12.5 Å². The molecule has 2 aliphatic heterocycles. The highest BCUT2D eigenvalue weighted by Gasteiger charge is 2.45. The molecule has 4 heteroatoms. The third-order valence-electron chi connectivity index (χ3n) is 3.11. The van der Waals surface area contributed by atoms with Gasteiger partial charge in [-0.1, -0.05) is 0 Å². The smallest absolute Gasteiger partial charge is 0.311 e. The van der Waals surface area contributed by atoms with Crippen LogP contribution in [0.15, 0.2) is 0 Å². The average molecular weight is 197 g/mol. The van der Waals surface area contributed by atoms with Crippen LogP contribution in [-0.2, 0) is 14.3 Å². The van der Waals surface area contributed by atoms with Gasteiger partial charge in [0.1, 0.15) is 0 Å². The Kier molecular flexibility index (Phi) is 2.44. The van der Waals surface area contributed by atoms with E-state index in [1.165, 1.54) is 0 Å².